The quantitative estimate of drug-likeness (QED) is 0.178. The number of nitrogens with zero attached hydrogens (tertiary/aromatic N) is 5. The predicted octanol–water partition coefficient (Wildman–Crippen LogP) is 4.65. The number of imide groups is 1. The molecule has 5 amide bonds. The molecular formula is C44H52F2N6O9. The first-order valence-electron chi connectivity index (χ1n) is 20.4. The topological polar surface area (TPSA) is 170 Å². The van der Waals surface area contributed by atoms with Crippen molar-refractivity contribution in [2.75, 3.05) is 45.9 Å². The number of benzene rings is 2. The summed E-state index contributed by atoms with van der Waals surface area (Å²) < 4.78 is 48.8. The van der Waals surface area contributed by atoms with E-state index in [2.05, 4.69) is 5.32 Å². The van der Waals surface area contributed by atoms with E-state index in [1.807, 2.05) is 30.3 Å². The van der Waals surface area contributed by atoms with Crippen LogP contribution in [0.3, 0.4) is 0 Å². The monoisotopic (exact) mass is 846 g/mol. The van der Waals surface area contributed by atoms with E-state index in [0.717, 1.165) is 40.8 Å². The van der Waals surface area contributed by atoms with Gasteiger partial charge in [-0.2, -0.15) is 0 Å². The molecule has 4 atom stereocenters. The van der Waals surface area contributed by atoms with Crippen molar-refractivity contribution in [1.82, 2.24) is 29.6 Å². The van der Waals surface area contributed by atoms with Crippen molar-refractivity contribution >= 4 is 35.7 Å². The van der Waals surface area contributed by atoms with Crippen molar-refractivity contribution < 1.29 is 51.8 Å². The molecule has 1 N–H and O–H groups in total. The third-order valence-electron chi connectivity index (χ3n) is 10.9. The molecule has 2 saturated heterocycles. The van der Waals surface area contributed by atoms with Crippen molar-refractivity contribution in [3.63, 3.8) is 0 Å². The van der Waals surface area contributed by atoms with Gasteiger partial charge < -0.3 is 33.9 Å². The highest BCUT2D eigenvalue weighted by Crippen LogP contribution is 2.39. The number of carbonyl (C=O) groups excluding carboxylic acids is 6. The number of hydrogen-bond donors (Lipinski definition) is 1. The van der Waals surface area contributed by atoms with Gasteiger partial charge in [0.2, 0.25) is 5.91 Å². The van der Waals surface area contributed by atoms with E-state index in [0.29, 0.717) is 31.9 Å². The van der Waals surface area contributed by atoms with Crippen LogP contribution in [0.5, 0.6) is 0 Å². The minimum absolute atomic E-state index is 0.00947. The van der Waals surface area contributed by atoms with Crippen LogP contribution < -0.4 is 5.32 Å². The fraction of sp³-hybridized carbons (Fsp3) is 0.477. The van der Waals surface area contributed by atoms with Crippen LogP contribution in [0.2, 0.25) is 0 Å². The summed E-state index contributed by atoms with van der Waals surface area (Å²) in [6.07, 6.45) is 2.90. The van der Waals surface area contributed by atoms with Crippen LogP contribution >= 0.6 is 0 Å². The van der Waals surface area contributed by atoms with Crippen LogP contribution in [0.4, 0.5) is 13.6 Å². The van der Waals surface area contributed by atoms with Gasteiger partial charge in [0.05, 0.1) is 17.7 Å². The number of nitrogens with one attached hydrogen (secondary N) is 1. The fourth-order valence-electron chi connectivity index (χ4n) is 8.06. The minimum Gasteiger partial charge on any atom is -0.453 e. The highest BCUT2D eigenvalue weighted by molar-refractivity contribution is 6.12. The molecule has 6 rings (SSSR count). The van der Waals surface area contributed by atoms with E-state index in [1.165, 1.54) is 23.6 Å². The number of halogens is 2. The predicted molar refractivity (Wildman–Crippen MR) is 216 cm³/mol. The van der Waals surface area contributed by atoms with Crippen LogP contribution in [0, 0.1) is 29.4 Å². The van der Waals surface area contributed by atoms with Gasteiger partial charge in [-0.05, 0) is 70.2 Å². The lowest BCUT2D eigenvalue weighted by atomic mass is 9.87. The van der Waals surface area contributed by atoms with E-state index in [4.69, 9.17) is 19.2 Å². The molecule has 4 heterocycles. The van der Waals surface area contributed by atoms with Gasteiger partial charge in [-0.15, -0.1) is 0 Å². The van der Waals surface area contributed by atoms with Crippen LogP contribution in [0.25, 0.3) is 11.3 Å². The van der Waals surface area contributed by atoms with Crippen molar-refractivity contribution in [3.8, 4) is 11.3 Å². The maximum atomic E-state index is 15.4. The molecule has 0 spiro atoms. The highest BCUT2D eigenvalue weighted by Gasteiger charge is 2.46. The number of esters is 1. The average molecular weight is 847 g/mol. The van der Waals surface area contributed by atoms with E-state index >= 15 is 4.39 Å². The smallest absolute Gasteiger partial charge is 0.410 e. The molecule has 17 heteroatoms. The Kier molecular flexibility index (Phi) is 14.0. The van der Waals surface area contributed by atoms with Gasteiger partial charge in [0.25, 0.3) is 17.7 Å². The summed E-state index contributed by atoms with van der Waals surface area (Å²) in [7, 11) is 0. The number of aromatic nitrogens is 2. The van der Waals surface area contributed by atoms with Gasteiger partial charge in [-0.1, -0.05) is 30.3 Å². The van der Waals surface area contributed by atoms with Gasteiger partial charge in [0, 0.05) is 89.2 Å². The molecule has 0 saturated carbocycles. The molecule has 0 radical (unpaired) electrons. The van der Waals surface area contributed by atoms with Crippen LogP contribution in [0.1, 0.15) is 64.9 Å². The summed E-state index contributed by atoms with van der Waals surface area (Å²) in [5, 5.41) is 2.81. The zero-order valence-corrected chi connectivity index (χ0v) is 35.0. The van der Waals surface area contributed by atoms with E-state index < -0.39 is 76.9 Å². The summed E-state index contributed by atoms with van der Waals surface area (Å²) in [6.45, 7) is 8.35. The van der Waals surface area contributed by atoms with Gasteiger partial charge >= 0.3 is 12.1 Å². The third kappa shape index (κ3) is 11.1. The van der Waals surface area contributed by atoms with Gasteiger partial charge in [-0.25, -0.2) is 18.6 Å². The number of rotatable bonds is 14. The molecule has 3 aromatic rings. The molecule has 15 nitrogen and oxygen atoms in total. The standard InChI is InChI=1S/C44H52F2N6O9/c1-27(60-28(2)53)42(57)52(24-31-23-50(43(58)61-44(3,4)5)25-34(31)41(56)47-17-18-51-37(54)13-14-38(51)55)39(30-15-19-59-20-16-30)40-48-36(33-21-32(45)11-12-35(33)46)26-49(40)22-29-9-7-6-8-10-29/h6-14,21,26-27,30-31,34,39H,15-20,22-25H2,1-5H3,(H,47,56). The number of carbonyl (C=O) groups is 6. The number of hydrogen-bond acceptors (Lipinski definition) is 10. The third-order valence-corrected chi connectivity index (χ3v) is 10.9. The first-order chi connectivity index (χ1) is 29.0. The highest BCUT2D eigenvalue weighted by atomic mass is 19.1. The summed E-state index contributed by atoms with van der Waals surface area (Å²) in [4.78, 5) is 88.2. The number of likely N-dealkylation sites (tertiary alicyclic amines) is 1. The number of amides is 5. The Morgan fingerprint density at radius 1 is 1.00 bits per heavy atom. The Balaban J connectivity index is 1.44. The van der Waals surface area contributed by atoms with E-state index in [9.17, 15) is 33.2 Å². The van der Waals surface area contributed by atoms with Crippen LogP contribution in [0.15, 0.2) is 66.9 Å². The first-order valence-corrected chi connectivity index (χ1v) is 20.4. The molecule has 326 valence electrons. The number of imidazole rings is 1. The Morgan fingerprint density at radius 2 is 1.69 bits per heavy atom. The van der Waals surface area contributed by atoms with E-state index in [-0.39, 0.29) is 56.4 Å². The van der Waals surface area contributed by atoms with Gasteiger partial charge in [0.1, 0.15) is 23.1 Å². The second-order valence-electron chi connectivity index (χ2n) is 16.6. The van der Waals surface area contributed by atoms with E-state index in [1.54, 1.807) is 31.5 Å². The molecule has 2 fully saturated rings. The maximum Gasteiger partial charge on any atom is 0.410 e. The molecule has 4 unspecified atom stereocenters. The molecule has 61 heavy (non-hydrogen) atoms. The Hall–Kier alpha value is -5.97. The molecule has 0 bridgehead atoms. The SMILES string of the molecule is CC(=O)OC(C)C(=O)N(CC1CN(C(=O)OC(C)(C)C)CC1C(=O)NCCN1C(=O)C=CC1=O)C(c1nc(-c2cc(F)ccc2F)cn1Cc1ccccc1)C1CCOCC1. The van der Waals surface area contributed by atoms with Crippen molar-refractivity contribution in [2.45, 2.75) is 71.8 Å². The van der Waals surface area contributed by atoms with Gasteiger partial charge in [-0.3, -0.25) is 28.9 Å². The van der Waals surface area contributed by atoms with Gasteiger partial charge in [0.15, 0.2) is 6.10 Å². The Bertz CT molecular complexity index is 2130. The molecule has 1 aromatic heterocycles. The largest absolute Gasteiger partial charge is 0.453 e. The minimum atomic E-state index is -1.29. The molecule has 0 aliphatic carbocycles. The summed E-state index contributed by atoms with van der Waals surface area (Å²) in [6, 6.07) is 11.6. The second kappa shape index (κ2) is 19.2. The van der Waals surface area contributed by atoms with Crippen molar-refractivity contribution in [2.24, 2.45) is 17.8 Å². The van der Waals surface area contributed by atoms with Crippen LogP contribution in [-0.4, -0.2) is 118 Å². The van der Waals surface area contributed by atoms with Crippen molar-refractivity contribution in [1.29, 1.82) is 0 Å². The lowest BCUT2D eigenvalue weighted by molar-refractivity contribution is -0.160. The molecule has 3 aliphatic heterocycles. The Morgan fingerprint density at radius 3 is 2.34 bits per heavy atom. The molecule has 2 aromatic carbocycles. The Labute approximate surface area is 353 Å². The van der Waals surface area contributed by atoms with Crippen LogP contribution in [-0.2, 0) is 44.7 Å². The molecular weight excluding hydrogens is 795 g/mol. The fourth-order valence-corrected chi connectivity index (χ4v) is 8.06. The summed E-state index contributed by atoms with van der Waals surface area (Å²) in [5.74, 6) is -5.77. The normalized spacial score (nSPS) is 19.2. The lowest BCUT2D eigenvalue weighted by Crippen LogP contribution is -2.50. The average Bonchev–Trinajstić information content (AvgIpc) is 3.92. The maximum absolute atomic E-state index is 15.4. The number of ether oxygens (including phenoxy) is 3. The lowest BCUT2D eigenvalue weighted by Gasteiger charge is -2.41. The first kappa shape index (κ1) is 44.6. The van der Waals surface area contributed by atoms with Crippen molar-refractivity contribution in [3.05, 3.63) is 89.9 Å². The zero-order chi connectivity index (χ0) is 44.0. The zero-order valence-electron chi connectivity index (χ0n) is 35.0. The molecule has 3 aliphatic rings. The second-order valence-corrected chi connectivity index (χ2v) is 16.6. The summed E-state index contributed by atoms with van der Waals surface area (Å²) in [5.41, 5.74) is 0.0383. The summed E-state index contributed by atoms with van der Waals surface area (Å²) >= 11 is 0.